The fraction of sp³-hybridized carbons (Fsp3) is 1.00. The van der Waals surface area contributed by atoms with Gasteiger partial charge in [0.15, 0.2) is 0 Å². The molecule has 16 heavy (non-hydrogen) atoms. The minimum atomic E-state index is 0.806. The van der Waals surface area contributed by atoms with Crippen molar-refractivity contribution in [2.45, 2.75) is 51.6 Å². The molecule has 0 spiro atoms. The molecule has 0 radical (unpaired) electrons. The summed E-state index contributed by atoms with van der Waals surface area (Å²) in [5.41, 5.74) is 0. The van der Waals surface area contributed by atoms with Gasteiger partial charge in [0, 0.05) is 25.2 Å². The normalized spacial score (nSPS) is 48.8. The van der Waals surface area contributed by atoms with Gasteiger partial charge in [-0.3, -0.25) is 4.90 Å². The van der Waals surface area contributed by atoms with Gasteiger partial charge in [-0.25, -0.2) is 0 Å². The van der Waals surface area contributed by atoms with Crippen LogP contribution in [0.3, 0.4) is 0 Å². The zero-order valence-corrected chi connectivity index (χ0v) is 10.8. The van der Waals surface area contributed by atoms with E-state index >= 15 is 0 Å². The summed E-state index contributed by atoms with van der Waals surface area (Å²) in [6, 6.07) is 1.62. The lowest BCUT2D eigenvalue weighted by Crippen LogP contribution is -2.42. The van der Waals surface area contributed by atoms with Crippen LogP contribution in [0.15, 0.2) is 0 Å². The van der Waals surface area contributed by atoms with Crippen LogP contribution in [0.2, 0.25) is 0 Å². The van der Waals surface area contributed by atoms with Gasteiger partial charge in [-0.05, 0) is 50.5 Å². The maximum Gasteiger partial charge on any atom is 0.0226 e. The molecular weight excluding hydrogens is 196 g/mol. The summed E-state index contributed by atoms with van der Waals surface area (Å²) in [7, 11) is 0. The third kappa shape index (κ3) is 1.91. The maximum atomic E-state index is 3.78. The van der Waals surface area contributed by atoms with Crippen LogP contribution in [0, 0.1) is 17.8 Å². The average molecular weight is 222 g/mol. The Hall–Kier alpha value is -0.0800. The van der Waals surface area contributed by atoms with Gasteiger partial charge in [-0.2, -0.15) is 0 Å². The largest absolute Gasteiger partial charge is 0.312 e. The topological polar surface area (TPSA) is 15.3 Å². The maximum absolute atomic E-state index is 3.78. The van der Waals surface area contributed by atoms with Gasteiger partial charge in [0.1, 0.15) is 0 Å². The van der Waals surface area contributed by atoms with Crippen molar-refractivity contribution in [2.75, 3.05) is 19.6 Å². The highest BCUT2D eigenvalue weighted by molar-refractivity contribution is 4.96. The Morgan fingerprint density at radius 2 is 2.12 bits per heavy atom. The number of nitrogens with zero attached hydrogens (tertiary/aromatic N) is 1. The molecule has 5 atom stereocenters. The number of hydrogen-bond acceptors (Lipinski definition) is 2. The summed E-state index contributed by atoms with van der Waals surface area (Å²) in [6.45, 7) is 8.75. The highest BCUT2D eigenvalue weighted by Crippen LogP contribution is 2.38. The van der Waals surface area contributed by atoms with Crippen LogP contribution in [0.1, 0.15) is 39.5 Å². The number of fused-ring (bicyclic) bond motifs is 1. The van der Waals surface area contributed by atoms with E-state index < -0.39 is 0 Å². The fourth-order valence-corrected chi connectivity index (χ4v) is 4.40. The van der Waals surface area contributed by atoms with Gasteiger partial charge in [0.2, 0.25) is 0 Å². The molecule has 0 aromatic heterocycles. The van der Waals surface area contributed by atoms with Crippen LogP contribution in [-0.2, 0) is 0 Å². The van der Waals surface area contributed by atoms with Crippen molar-refractivity contribution >= 4 is 0 Å². The summed E-state index contributed by atoms with van der Waals surface area (Å²) in [6.07, 6.45) is 5.86. The Balaban J connectivity index is 1.58. The molecule has 3 fully saturated rings. The predicted molar refractivity (Wildman–Crippen MR) is 67.4 cm³/mol. The third-order valence-corrected chi connectivity index (χ3v) is 5.22. The van der Waals surface area contributed by atoms with Crippen LogP contribution >= 0.6 is 0 Å². The highest BCUT2D eigenvalue weighted by Gasteiger charge is 2.40. The molecule has 0 aromatic carbocycles. The molecule has 0 amide bonds. The van der Waals surface area contributed by atoms with E-state index in [1.807, 2.05) is 0 Å². The molecule has 1 aliphatic carbocycles. The first-order valence-corrected chi connectivity index (χ1v) is 7.21. The number of rotatable bonds is 2. The molecule has 2 heteroatoms. The molecule has 2 saturated heterocycles. The second-order valence-corrected chi connectivity index (χ2v) is 6.51. The molecule has 0 bridgehead atoms. The molecule has 2 nitrogen and oxygen atoms in total. The molecule has 0 aromatic rings. The lowest BCUT2D eigenvalue weighted by atomic mass is 9.94. The van der Waals surface area contributed by atoms with Gasteiger partial charge in [0.25, 0.3) is 0 Å². The molecule has 5 unspecified atom stereocenters. The molecule has 3 rings (SSSR count). The minimum absolute atomic E-state index is 0.806. The zero-order chi connectivity index (χ0) is 11.1. The first-order valence-electron chi connectivity index (χ1n) is 7.21. The van der Waals surface area contributed by atoms with Crippen molar-refractivity contribution in [3.8, 4) is 0 Å². The highest BCUT2D eigenvalue weighted by atomic mass is 15.2. The summed E-state index contributed by atoms with van der Waals surface area (Å²) >= 11 is 0. The molecule has 2 aliphatic heterocycles. The standard InChI is InChI=1S/C14H26N2/c1-10-6-11(2)16(8-10)9-14-13-5-3-4-12(13)7-15-14/h10-15H,3-9H2,1-2H3. The Kier molecular flexibility index (Phi) is 2.97. The molecule has 3 aliphatic rings. The van der Waals surface area contributed by atoms with E-state index in [9.17, 15) is 0 Å². The molecule has 1 N–H and O–H groups in total. The van der Waals surface area contributed by atoms with Crippen molar-refractivity contribution in [1.29, 1.82) is 0 Å². The lowest BCUT2D eigenvalue weighted by molar-refractivity contribution is 0.218. The number of hydrogen-bond donors (Lipinski definition) is 1. The van der Waals surface area contributed by atoms with E-state index in [1.165, 1.54) is 45.3 Å². The smallest absolute Gasteiger partial charge is 0.0226 e. The van der Waals surface area contributed by atoms with Crippen molar-refractivity contribution < 1.29 is 0 Å². The van der Waals surface area contributed by atoms with Crippen LogP contribution in [0.5, 0.6) is 0 Å². The van der Waals surface area contributed by atoms with Crippen LogP contribution in [-0.4, -0.2) is 36.6 Å². The first kappa shape index (κ1) is 11.0. The van der Waals surface area contributed by atoms with Gasteiger partial charge in [-0.15, -0.1) is 0 Å². The van der Waals surface area contributed by atoms with E-state index in [2.05, 4.69) is 24.1 Å². The average Bonchev–Trinajstić information content (AvgIpc) is 2.86. The Bertz CT molecular complexity index is 253. The predicted octanol–water partition coefficient (Wildman–Crippen LogP) is 2.10. The van der Waals surface area contributed by atoms with E-state index in [-0.39, 0.29) is 0 Å². The van der Waals surface area contributed by atoms with Gasteiger partial charge in [0.05, 0.1) is 0 Å². The van der Waals surface area contributed by atoms with Gasteiger partial charge < -0.3 is 5.32 Å². The number of likely N-dealkylation sites (tertiary alicyclic amines) is 1. The monoisotopic (exact) mass is 222 g/mol. The molecular formula is C14H26N2. The second-order valence-electron chi connectivity index (χ2n) is 6.51. The van der Waals surface area contributed by atoms with Crippen molar-refractivity contribution in [1.82, 2.24) is 10.2 Å². The Labute approximate surface area is 99.8 Å². The summed E-state index contributed by atoms with van der Waals surface area (Å²) in [5.74, 6) is 2.93. The Morgan fingerprint density at radius 1 is 1.25 bits per heavy atom. The lowest BCUT2D eigenvalue weighted by Gasteiger charge is -2.28. The summed E-state index contributed by atoms with van der Waals surface area (Å²) in [4.78, 5) is 2.73. The van der Waals surface area contributed by atoms with Gasteiger partial charge >= 0.3 is 0 Å². The van der Waals surface area contributed by atoms with E-state index in [1.54, 1.807) is 0 Å². The van der Waals surface area contributed by atoms with Crippen molar-refractivity contribution in [3.05, 3.63) is 0 Å². The van der Waals surface area contributed by atoms with Crippen LogP contribution in [0.4, 0.5) is 0 Å². The van der Waals surface area contributed by atoms with E-state index in [4.69, 9.17) is 0 Å². The zero-order valence-electron chi connectivity index (χ0n) is 10.8. The fourth-order valence-electron chi connectivity index (χ4n) is 4.40. The van der Waals surface area contributed by atoms with Crippen LogP contribution in [0.25, 0.3) is 0 Å². The molecule has 2 heterocycles. The summed E-state index contributed by atoms with van der Waals surface area (Å²) < 4.78 is 0. The minimum Gasteiger partial charge on any atom is -0.312 e. The van der Waals surface area contributed by atoms with Gasteiger partial charge in [-0.1, -0.05) is 13.3 Å². The van der Waals surface area contributed by atoms with E-state index in [0.717, 1.165) is 29.8 Å². The quantitative estimate of drug-likeness (QED) is 0.770. The molecule has 1 saturated carbocycles. The first-order chi connectivity index (χ1) is 7.74. The van der Waals surface area contributed by atoms with Crippen LogP contribution < -0.4 is 5.32 Å². The third-order valence-electron chi connectivity index (χ3n) is 5.22. The molecule has 92 valence electrons. The number of nitrogens with one attached hydrogen (secondary N) is 1. The summed E-state index contributed by atoms with van der Waals surface area (Å²) in [5, 5.41) is 3.78. The van der Waals surface area contributed by atoms with Crippen molar-refractivity contribution in [3.63, 3.8) is 0 Å². The Morgan fingerprint density at radius 3 is 2.88 bits per heavy atom. The van der Waals surface area contributed by atoms with E-state index in [0.29, 0.717) is 0 Å². The second kappa shape index (κ2) is 4.30. The SMILES string of the molecule is CC1CC(C)N(CC2NCC3CCCC32)C1. The van der Waals surface area contributed by atoms with Crippen molar-refractivity contribution in [2.24, 2.45) is 17.8 Å².